The number of benzene rings is 1. The second-order valence-electron chi connectivity index (χ2n) is 4.44. The number of hydrogen-bond acceptors (Lipinski definition) is 3. The number of hydrogen-bond donors (Lipinski definition) is 3. The van der Waals surface area contributed by atoms with E-state index in [1.165, 1.54) is 12.3 Å². The van der Waals surface area contributed by atoms with Crippen LogP contribution in [0.3, 0.4) is 0 Å². The van der Waals surface area contributed by atoms with Crippen LogP contribution >= 0.6 is 0 Å². The summed E-state index contributed by atoms with van der Waals surface area (Å²) in [7, 11) is 0. The maximum Gasteiger partial charge on any atom is 0.356 e. The smallest absolute Gasteiger partial charge is 0.356 e. The molecule has 0 fully saturated rings. The van der Waals surface area contributed by atoms with Crippen LogP contribution in [-0.4, -0.2) is 27.0 Å². The third-order valence-corrected chi connectivity index (χ3v) is 3.08. The van der Waals surface area contributed by atoms with Crippen LogP contribution in [0.1, 0.15) is 20.8 Å². The van der Waals surface area contributed by atoms with Crippen molar-refractivity contribution >= 4 is 28.5 Å². The molecule has 0 atom stereocenters. The highest BCUT2D eigenvalue weighted by atomic mass is 16.4. The van der Waals surface area contributed by atoms with Gasteiger partial charge in [-0.25, -0.2) is 9.78 Å². The Kier molecular flexibility index (Phi) is 3.12. The van der Waals surface area contributed by atoms with E-state index in [2.05, 4.69) is 15.3 Å². The van der Waals surface area contributed by atoms with E-state index in [4.69, 9.17) is 5.11 Å². The number of aromatic amines is 1. The molecule has 1 amide bonds. The summed E-state index contributed by atoms with van der Waals surface area (Å²) in [4.78, 5) is 30.0. The van der Waals surface area contributed by atoms with Crippen molar-refractivity contribution in [3.8, 4) is 0 Å². The molecule has 2 aromatic heterocycles. The molecule has 0 aliphatic rings. The molecule has 104 valence electrons. The molecule has 0 spiro atoms. The first-order valence-corrected chi connectivity index (χ1v) is 6.22. The minimum absolute atomic E-state index is 0.168. The Bertz CT molecular complexity index is 839. The molecule has 3 aromatic rings. The van der Waals surface area contributed by atoms with E-state index in [0.717, 1.165) is 10.9 Å². The van der Waals surface area contributed by atoms with Crippen LogP contribution in [0.25, 0.3) is 10.9 Å². The van der Waals surface area contributed by atoms with E-state index >= 15 is 0 Å². The molecular formula is C15H11N3O3. The van der Waals surface area contributed by atoms with Crippen molar-refractivity contribution in [3.63, 3.8) is 0 Å². The van der Waals surface area contributed by atoms with Crippen LogP contribution in [0.2, 0.25) is 0 Å². The molecule has 3 rings (SSSR count). The molecule has 0 unspecified atom stereocenters. The highest BCUT2D eigenvalue weighted by molar-refractivity contribution is 6.08. The standard InChI is InChI=1S/C15H11N3O3/c19-14(10-4-3-9-5-7-16-12(9)8-10)18-11-2-1-6-17-13(11)15(20)21/h1-8,16H,(H,18,19)(H,20,21). The zero-order chi connectivity index (χ0) is 14.8. The van der Waals surface area contributed by atoms with Gasteiger partial charge in [0.15, 0.2) is 5.69 Å². The van der Waals surface area contributed by atoms with E-state index in [9.17, 15) is 9.59 Å². The number of nitrogens with one attached hydrogen (secondary N) is 2. The van der Waals surface area contributed by atoms with Gasteiger partial charge >= 0.3 is 5.97 Å². The Morgan fingerprint density at radius 3 is 2.86 bits per heavy atom. The highest BCUT2D eigenvalue weighted by Crippen LogP contribution is 2.17. The highest BCUT2D eigenvalue weighted by Gasteiger charge is 2.14. The Hall–Kier alpha value is -3.15. The number of fused-ring (bicyclic) bond motifs is 1. The number of carbonyl (C=O) groups is 2. The molecule has 0 radical (unpaired) electrons. The van der Waals surface area contributed by atoms with Gasteiger partial charge in [-0.1, -0.05) is 6.07 Å². The molecule has 21 heavy (non-hydrogen) atoms. The summed E-state index contributed by atoms with van der Waals surface area (Å²) in [6.45, 7) is 0. The van der Waals surface area contributed by atoms with Gasteiger partial charge in [-0.3, -0.25) is 4.79 Å². The number of carbonyl (C=O) groups excluding carboxylic acids is 1. The number of carboxylic acid groups (broad SMARTS) is 1. The van der Waals surface area contributed by atoms with Gasteiger partial charge in [-0.05, 0) is 35.7 Å². The average molecular weight is 281 g/mol. The molecule has 1 aromatic carbocycles. The van der Waals surface area contributed by atoms with Crippen molar-refractivity contribution in [2.45, 2.75) is 0 Å². The molecule has 0 saturated heterocycles. The monoisotopic (exact) mass is 281 g/mol. The number of carboxylic acids is 1. The van der Waals surface area contributed by atoms with Crippen molar-refractivity contribution in [2.75, 3.05) is 5.32 Å². The molecule has 2 heterocycles. The third-order valence-electron chi connectivity index (χ3n) is 3.08. The zero-order valence-corrected chi connectivity index (χ0v) is 10.8. The second kappa shape index (κ2) is 5.09. The van der Waals surface area contributed by atoms with Crippen LogP contribution in [0.4, 0.5) is 5.69 Å². The summed E-state index contributed by atoms with van der Waals surface area (Å²) in [5.74, 6) is -1.58. The molecule has 6 nitrogen and oxygen atoms in total. The fourth-order valence-electron chi connectivity index (χ4n) is 2.06. The molecular weight excluding hydrogens is 270 g/mol. The van der Waals surface area contributed by atoms with Gasteiger partial charge in [0.1, 0.15) is 0 Å². The van der Waals surface area contributed by atoms with Crippen LogP contribution < -0.4 is 5.32 Å². The van der Waals surface area contributed by atoms with Crippen LogP contribution in [-0.2, 0) is 0 Å². The number of nitrogens with zero attached hydrogens (tertiary/aromatic N) is 1. The summed E-state index contributed by atoms with van der Waals surface area (Å²) in [6.07, 6.45) is 3.15. The van der Waals surface area contributed by atoms with Crippen molar-refractivity contribution in [2.24, 2.45) is 0 Å². The fraction of sp³-hybridized carbons (Fsp3) is 0. The first-order chi connectivity index (χ1) is 10.1. The summed E-state index contributed by atoms with van der Waals surface area (Å²) >= 11 is 0. The summed E-state index contributed by atoms with van der Waals surface area (Å²) in [5, 5.41) is 12.6. The molecule has 0 bridgehead atoms. The van der Waals surface area contributed by atoms with E-state index in [1.54, 1.807) is 24.4 Å². The largest absolute Gasteiger partial charge is 0.476 e. The predicted molar refractivity (Wildman–Crippen MR) is 77.4 cm³/mol. The third kappa shape index (κ3) is 2.46. The lowest BCUT2D eigenvalue weighted by atomic mass is 10.1. The van der Waals surface area contributed by atoms with Crippen LogP contribution in [0.5, 0.6) is 0 Å². The molecule has 0 saturated carbocycles. The van der Waals surface area contributed by atoms with Gasteiger partial charge in [0.25, 0.3) is 5.91 Å². The number of H-pyrrole nitrogens is 1. The Morgan fingerprint density at radius 1 is 1.19 bits per heavy atom. The van der Waals surface area contributed by atoms with Gasteiger partial charge in [-0.2, -0.15) is 0 Å². The first-order valence-electron chi connectivity index (χ1n) is 6.22. The quantitative estimate of drug-likeness (QED) is 0.687. The van der Waals surface area contributed by atoms with Crippen LogP contribution in [0.15, 0.2) is 48.8 Å². The Labute approximate surface area is 119 Å². The number of aromatic carboxylic acids is 1. The van der Waals surface area contributed by atoms with Gasteiger partial charge < -0.3 is 15.4 Å². The van der Waals surface area contributed by atoms with Crippen molar-refractivity contribution in [1.82, 2.24) is 9.97 Å². The minimum Gasteiger partial charge on any atom is -0.476 e. The Balaban J connectivity index is 1.91. The maximum atomic E-state index is 12.2. The number of rotatable bonds is 3. The summed E-state index contributed by atoms with van der Waals surface area (Å²) < 4.78 is 0. The molecule has 3 N–H and O–H groups in total. The fourth-order valence-corrected chi connectivity index (χ4v) is 2.06. The number of anilines is 1. The zero-order valence-electron chi connectivity index (χ0n) is 10.8. The second-order valence-corrected chi connectivity index (χ2v) is 4.44. The van der Waals surface area contributed by atoms with Gasteiger partial charge in [0.05, 0.1) is 5.69 Å². The van der Waals surface area contributed by atoms with E-state index < -0.39 is 5.97 Å². The van der Waals surface area contributed by atoms with Crippen molar-refractivity contribution in [3.05, 3.63) is 60.0 Å². The Morgan fingerprint density at radius 2 is 2.05 bits per heavy atom. The normalized spacial score (nSPS) is 10.5. The van der Waals surface area contributed by atoms with E-state index in [1.807, 2.05) is 12.1 Å². The van der Waals surface area contributed by atoms with Gasteiger partial charge in [0.2, 0.25) is 0 Å². The van der Waals surface area contributed by atoms with Crippen molar-refractivity contribution in [1.29, 1.82) is 0 Å². The lowest BCUT2D eigenvalue weighted by molar-refractivity contribution is 0.0692. The minimum atomic E-state index is -1.19. The molecule has 0 aliphatic carbocycles. The lowest BCUT2D eigenvalue weighted by Crippen LogP contribution is -2.15. The first kappa shape index (κ1) is 12.9. The average Bonchev–Trinajstić information content (AvgIpc) is 2.94. The van der Waals surface area contributed by atoms with Gasteiger partial charge in [-0.15, -0.1) is 0 Å². The lowest BCUT2D eigenvalue weighted by Gasteiger charge is -2.07. The molecule has 0 aliphatic heterocycles. The summed E-state index contributed by atoms with van der Waals surface area (Å²) in [6, 6.07) is 10.2. The topological polar surface area (TPSA) is 95.1 Å². The van der Waals surface area contributed by atoms with E-state index in [0.29, 0.717) is 5.56 Å². The number of amides is 1. The predicted octanol–water partition coefficient (Wildman–Crippen LogP) is 2.51. The number of pyridine rings is 1. The van der Waals surface area contributed by atoms with Gasteiger partial charge in [0, 0.05) is 23.5 Å². The van der Waals surface area contributed by atoms with E-state index in [-0.39, 0.29) is 17.3 Å². The maximum absolute atomic E-state index is 12.2. The SMILES string of the molecule is O=C(Nc1cccnc1C(=O)O)c1ccc2cc[nH]c2c1. The van der Waals surface area contributed by atoms with Crippen molar-refractivity contribution < 1.29 is 14.7 Å². The number of aromatic nitrogens is 2. The van der Waals surface area contributed by atoms with Crippen LogP contribution in [0, 0.1) is 0 Å². The summed E-state index contributed by atoms with van der Waals surface area (Å²) in [5.41, 5.74) is 1.26. The molecule has 6 heteroatoms.